The van der Waals surface area contributed by atoms with Crippen molar-refractivity contribution >= 4 is 10.0 Å². The maximum atomic E-state index is 13.3. The second-order valence-corrected chi connectivity index (χ2v) is 7.19. The summed E-state index contributed by atoms with van der Waals surface area (Å²) in [6.07, 6.45) is 4.09. The lowest BCUT2D eigenvalue weighted by Gasteiger charge is -2.07. The van der Waals surface area contributed by atoms with Gasteiger partial charge in [0.05, 0.1) is 11.8 Å². The molecule has 0 saturated heterocycles. The zero-order valence-corrected chi connectivity index (χ0v) is 14.4. The molecule has 0 N–H and O–H groups in total. The van der Waals surface area contributed by atoms with Crippen LogP contribution in [0.1, 0.15) is 0 Å². The highest BCUT2D eigenvalue weighted by molar-refractivity contribution is 7.89. The van der Waals surface area contributed by atoms with Crippen molar-refractivity contribution < 1.29 is 21.7 Å². The third-order valence-electron chi connectivity index (χ3n) is 3.84. The molecular weight excluding hydrogens is 375 g/mol. The van der Waals surface area contributed by atoms with Gasteiger partial charge in [-0.3, -0.25) is 4.98 Å². The molecule has 0 saturated carbocycles. The maximum Gasteiger partial charge on any atom is 0.367 e. The summed E-state index contributed by atoms with van der Waals surface area (Å²) in [4.78, 5) is 16.4. The Kier molecular flexibility index (Phi) is 4.00. The number of hydrogen-bond donors (Lipinski definition) is 0. The topological polar surface area (TPSA) is 95.3 Å². The fourth-order valence-corrected chi connectivity index (χ4v) is 3.84. The van der Waals surface area contributed by atoms with Crippen molar-refractivity contribution in [2.75, 3.05) is 0 Å². The molecule has 0 aliphatic heterocycles. The molecule has 27 heavy (non-hydrogen) atoms. The summed E-state index contributed by atoms with van der Waals surface area (Å²) in [5.74, 6) is -0.490. The number of hydrogen-bond acceptors (Lipinski definition) is 6. The minimum atomic E-state index is -4.30. The highest BCUT2D eigenvalue weighted by Gasteiger charge is 2.31. The molecule has 0 atom stereocenters. The Hall–Kier alpha value is -3.46. The summed E-state index contributed by atoms with van der Waals surface area (Å²) in [6, 6.07) is 10.8. The van der Waals surface area contributed by atoms with E-state index in [4.69, 9.17) is 8.94 Å². The Balaban J connectivity index is 2.06. The van der Waals surface area contributed by atoms with Gasteiger partial charge in [0.15, 0.2) is 0 Å². The van der Waals surface area contributed by atoms with Gasteiger partial charge in [0.25, 0.3) is 0 Å². The molecule has 0 aliphatic carbocycles. The molecule has 3 aromatic heterocycles. The lowest BCUT2D eigenvalue weighted by atomic mass is 10.0. The van der Waals surface area contributed by atoms with E-state index in [0.29, 0.717) is 15.3 Å². The third-order valence-corrected chi connectivity index (χ3v) is 5.28. The standard InChI is InChI=1S/C18H11FN2O5S/c19-14-5-3-12(4-6-14)16-17(13-7-9-20-10-8-13)21(26-18(16)22)27(23,24)15-2-1-11-25-15/h1-11H. The van der Waals surface area contributed by atoms with Gasteiger partial charge in [-0.1, -0.05) is 16.3 Å². The van der Waals surface area contributed by atoms with Crippen LogP contribution in [0.15, 0.2) is 86.0 Å². The first-order chi connectivity index (χ1) is 13.0. The second-order valence-electron chi connectivity index (χ2n) is 5.51. The largest absolute Gasteiger partial charge is 0.451 e. The van der Waals surface area contributed by atoms with Crippen LogP contribution in [-0.4, -0.2) is 17.5 Å². The van der Waals surface area contributed by atoms with E-state index in [1.807, 2.05) is 0 Å². The number of furan rings is 1. The molecule has 3 heterocycles. The van der Waals surface area contributed by atoms with Crippen LogP contribution in [0.4, 0.5) is 4.39 Å². The lowest BCUT2D eigenvalue weighted by Crippen LogP contribution is -2.13. The predicted octanol–water partition coefficient (Wildman–Crippen LogP) is 3.14. The molecule has 1 aromatic carbocycles. The monoisotopic (exact) mass is 386 g/mol. The van der Waals surface area contributed by atoms with E-state index in [-0.39, 0.29) is 16.3 Å². The first-order valence-corrected chi connectivity index (χ1v) is 9.14. The summed E-state index contributed by atoms with van der Waals surface area (Å²) in [5, 5.41) is -0.387. The Labute approximate surface area is 152 Å². The Bertz CT molecular complexity index is 1240. The molecule has 0 radical (unpaired) electrons. The minimum absolute atomic E-state index is 0.00888. The SMILES string of the molecule is O=c1on(S(=O)(=O)c2ccco2)c(-c2ccncc2)c1-c1ccc(F)cc1. The molecule has 0 fully saturated rings. The summed E-state index contributed by atoms with van der Waals surface area (Å²) in [7, 11) is -4.30. The van der Waals surface area contributed by atoms with Crippen LogP contribution >= 0.6 is 0 Å². The van der Waals surface area contributed by atoms with Gasteiger partial charge in [0.1, 0.15) is 11.5 Å². The molecule has 0 spiro atoms. The highest BCUT2D eigenvalue weighted by atomic mass is 32.2. The number of rotatable bonds is 4. The number of halogens is 1. The molecule has 9 heteroatoms. The van der Waals surface area contributed by atoms with Crippen molar-refractivity contribution in [1.29, 1.82) is 0 Å². The van der Waals surface area contributed by atoms with Crippen molar-refractivity contribution in [1.82, 2.24) is 9.13 Å². The van der Waals surface area contributed by atoms with Crippen LogP contribution in [0.3, 0.4) is 0 Å². The fourth-order valence-electron chi connectivity index (χ4n) is 2.65. The van der Waals surface area contributed by atoms with Gasteiger partial charge in [-0.15, -0.1) is 0 Å². The van der Waals surface area contributed by atoms with Crippen molar-refractivity contribution in [3.05, 3.63) is 83.4 Å². The zero-order chi connectivity index (χ0) is 19.0. The van der Waals surface area contributed by atoms with Crippen molar-refractivity contribution in [3.63, 3.8) is 0 Å². The smallest absolute Gasteiger partial charge is 0.367 e. The number of pyridine rings is 1. The van der Waals surface area contributed by atoms with E-state index in [1.165, 1.54) is 67.2 Å². The van der Waals surface area contributed by atoms with E-state index < -0.39 is 21.5 Å². The second kappa shape index (κ2) is 6.36. The summed E-state index contributed by atoms with van der Waals surface area (Å²) >= 11 is 0. The number of benzene rings is 1. The highest BCUT2D eigenvalue weighted by Crippen LogP contribution is 2.32. The van der Waals surface area contributed by atoms with Gasteiger partial charge >= 0.3 is 15.6 Å². The van der Waals surface area contributed by atoms with E-state index in [1.54, 1.807) is 0 Å². The van der Waals surface area contributed by atoms with Crippen LogP contribution in [0.25, 0.3) is 22.4 Å². The van der Waals surface area contributed by atoms with Crippen molar-refractivity contribution in [2.45, 2.75) is 5.09 Å². The first kappa shape index (κ1) is 17.0. The van der Waals surface area contributed by atoms with Crippen LogP contribution in [0.5, 0.6) is 0 Å². The molecule has 0 aliphatic rings. The molecular formula is C18H11FN2O5S. The van der Waals surface area contributed by atoms with Crippen LogP contribution < -0.4 is 5.63 Å². The molecule has 136 valence electrons. The van der Waals surface area contributed by atoms with Gasteiger partial charge in [-0.05, 0) is 42.0 Å². The van der Waals surface area contributed by atoms with Gasteiger partial charge in [-0.25, -0.2) is 9.18 Å². The van der Waals surface area contributed by atoms with Gasteiger partial charge in [0, 0.05) is 18.0 Å². The lowest BCUT2D eigenvalue weighted by molar-refractivity contribution is 0.337. The third kappa shape index (κ3) is 2.87. The molecule has 4 rings (SSSR count). The summed E-state index contributed by atoms with van der Waals surface area (Å²) < 4.78 is 49.7. The van der Waals surface area contributed by atoms with Crippen LogP contribution in [-0.2, 0) is 10.0 Å². The maximum absolute atomic E-state index is 13.3. The fraction of sp³-hybridized carbons (Fsp3) is 0. The Morgan fingerprint density at radius 2 is 1.67 bits per heavy atom. The first-order valence-electron chi connectivity index (χ1n) is 7.70. The number of aromatic nitrogens is 2. The van der Waals surface area contributed by atoms with Crippen molar-refractivity contribution in [3.8, 4) is 22.4 Å². The van der Waals surface area contributed by atoms with E-state index in [9.17, 15) is 17.6 Å². The van der Waals surface area contributed by atoms with E-state index in [2.05, 4.69) is 4.98 Å². The molecule has 7 nitrogen and oxygen atoms in total. The summed E-state index contributed by atoms with van der Waals surface area (Å²) in [6.45, 7) is 0. The van der Waals surface area contributed by atoms with E-state index in [0.717, 1.165) is 0 Å². The molecule has 0 amide bonds. The number of nitrogens with zero attached hydrogens (tertiary/aromatic N) is 2. The van der Waals surface area contributed by atoms with Gasteiger partial charge < -0.3 is 8.94 Å². The van der Waals surface area contributed by atoms with Crippen molar-refractivity contribution in [2.24, 2.45) is 0 Å². The van der Waals surface area contributed by atoms with Crippen LogP contribution in [0, 0.1) is 5.82 Å². The zero-order valence-electron chi connectivity index (χ0n) is 13.6. The van der Waals surface area contributed by atoms with Gasteiger partial charge in [-0.2, -0.15) is 8.42 Å². The minimum Gasteiger partial charge on any atom is -0.451 e. The average Bonchev–Trinajstić information content (AvgIpc) is 3.32. The molecule has 0 bridgehead atoms. The normalized spacial score (nSPS) is 11.6. The van der Waals surface area contributed by atoms with E-state index >= 15 is 0 Å². The predicted molar refractivity (Wildman–Crippen MR) is 92.9 cm³/mol. The summed E-state index contributed by atoms with van der Waals surface area (Å²) in [5.41, 5.74) is -0.221. The quantitative estimate of drug-likeness (QED) is 0.535. The molecule has 0 unspecified atom stereocenters. The van der Waals surface area contributed by atoms with Crippen LogP contribution in [0.2, 0.25) is 0 Å². The van der Waals surface area contributed by atoms with Gasteiger partial charge in [0.2, 0.25) is 5.09 Å². The molecule has 4 aromatic rings. The Morgan fingerprint density at radius 1 is 0.963 bits per heavy atom. The Morgan fingerprint density at radius 3 is 2.30 bits per heavy atom. The average molecular weight is 386 g/mol.